The first-order chi connectivity index (χ1) is 11.0. The summed E-state index contributed by atoms with van der Waals surface area (Å²) in [6.45, 7) is 0.513. The normalized spacial score (nSPS) is 23.2. The number of carbonyl (C=O) groups excluding carboxylic acids is 1. The molecule has 1 aromatic heterocycles. The number of hydrogen-bond acceptors (Lipinski definition) is 4. The predicted molar refractivity (Wildman–Crippen MR) is 84.6 cm³/mol. The fraction of sp³-hybridized carbons (Fsp3) is 0.733. The first kappa shape index (κ1) is 15.1. The molecule has 1 amide bonds. The molecule has 1 saturated heterocycles. The number of likely N-dealkylation sites (tertiary alicyclic amines) is 1. The minimum absolute atomic E-state index is 0.0807. The van der Waals surface area contributed by atoms with Crippen LogP contribution in [0.3, 0.4) is 0 Å². The summed E-state index contributed by atoms with van der Waals surface area (Å²) < 4.78 is 27.4. The van der Waals surface area contributed by atoms with Crippen LogP contribution in [0.4, 0.5) is 0 Å². The Kier molecular flexibility index (Phi) is 3.68. The molecule has 0 spiro atoms. The van der Waals surface area contributed by atoms with Crippen molar-refractivity contribution in [3.8, 4) is 0 Å². The fourth-order valence-corrected chi connectivity index (χ4v) is 5.03. The Morgan fingerprint density at radius 1 is 1.22 bits per heavy atom. The molecule has 0 unspecified atom stereocenters. The van der Waals surface area contributed by atoms with Crippen molar-refractivity contribution in [2.45, 2.75) is 55.7 Å². The maximum absolute atomic E-state index is 12.3. The number of carbonyl (C=O) groups is 1. The maximum Gasteiger partial charge on any atom is 0.274 e. The van der Waals surface area contributed by atoms with Gasteiger partial charge < -0.3 is 4.90 Å². The van der Waals surface area contributed by atoms with E-state index in [-0.39, 0.29) is 25.0 Å². The summed E-state index contributed by atoms with van der Waals surface area (Å²) in [6.07, 6.45) is 6.31. The zero-order chi connectivity index (χ0) is 16.0. The lowest BCUT2D eigenvalue weighted by Gasteiger charge is -2.38. The van der Waals surface area contributed by atoms with Gasteiger partial charge in [-0.25, -0.2) is 13.1 Å². The van der Waals surface area contributed by atoms with Crippen molar-refractivity contribution in [2.75, 3.05) is 13.1 Å². The van der Waals surface area contributed by atoms with Gasteiger partial charge in [-0.15, -0.1) is 0 Å². The van der Waals surface area contributed by atoms with Gasteiger partial charge in [0.15, 0.2) is 0 Å². The molecule has 23 heavy (non-hydrogen) atoms. The highest BCUT2D eigenvalue weighted by Crippen LogP contribution is 2.39. The molecule has 8 heteroatoms. The highest BCUT2D eigenvalue weighted by atomic mass is 32.2. The van der Waals surface area contributed by atoms with Crippen LogP contribution < -0.4 is 4.72 Å². The molecule has 126 valence electrons. The number of aromatic amines is 1. The van der Waals surface area contributed by atoms with E-state index in [1.165, 1.54) is 0 Å². The number of nitrogens with zero attached hydrogens (tertiary/aromatic N) is 2. The van der Waals surface area contributed by atoms with E-state index in [2.05, 4.69) is 14.9 Å². The molecular weight excluding hydrogens is 316 g/mol. The smallest absolute Gasteiger partial charge is 0.274 e. The van der Waals surface area contributed by atoms with Gasteiger partial charge in [0, 0.05) is 30.7 Å². The van der Waals surface area contributed by atoms with Crippen LogP contribution in [0.25, 0.3) is 0 Å². The third-order valence-corrected chi connectivity index (χ3v) is 6.93. The van der Waals surface area contributed by atoms with E-state index in [4.69, 9.17) is 0 Å². The van der Waals surface area contributed by atoms with E-state index >= 15 is 0 Å². The molecule has 2 heterocycles. The number of amides is 1. The fourth-order valence-electron chi connectivity index (χ4n) is 3.38. The van der Waals surface area contributed by atoms with Crippen molar-refractivity contribution in [2.24, 2.45) is 0 Å². The van der Waals surface area contributed by atoms with Crippen molar-refractivity contribution in [3.05, 3.63) is 17.5 Å². The van der Waals surface area contributed by atoms with E-state index in [0.717, 1.165) is 44.2 Å². The second kappa shape index (κ2) is 5.59. The largest absolute Gasteiger partial charge is 0.334 e. The monoisotopic (exact) mass is 338 g/mol. The van der Waals surface area contributed by atoms with Crippen molar-refractivity contribution in [3.63, 3.8) is 0 Å². The number of rotatable bonds is 5. The number of hydrogen-bond donors (Lipinski definition) is 2. The number of H-pyrrole nitrogens is 1. The Hall–Kier alpha value is -1.41. The molecule has 1 aromatic rings. The molecule has 3 fully saturated rings. The molecular formula is C15H22N4O3S. The average Bonchev–Trinajstić information content (AvgIpc) is 2.97. The van der Waals surface area contributed by atoms with Gasteiger partial charge in [-0.05, 0) is 31.7 Å². The maximum atomic E-state index is 12.3. The lowest BCUT2D eigenvalue weighted by Crippen LogP contribution is -2.60. The molecule has 2 aliphatic carbocycles. The van der Waals surface area contributed by atoms with Crippen molar-refractivity contribution in [1.82, 2.24) is 19.8 Å². The summed E-state index contributed by atoms with van der Waals surface area (Å²) in [7, 11) is -3.33. The highest BCUT2D eigenvalue weighted by Gasteiger charge is 2.41. The zero-order valence-corrected chi connectivity index (χ0v) is 13.8. The van der Waals surface area contributed by atoms with Crippen molar-refractivity contribution < 1.29 is 13.2 Å². The molecule has 2 saturated carbocycles. The molecule has 7 nitrogen and oxygen atoms in total. The van der Waals surface area contributed by atoms with E-state index in [1.54, 1.807) is 11.0 Å². The van der Waals surface area contributed by atoms with Crippen molar-refractivity contribution >= 4 is 15.9 Å². The highest BCUT2D eigenvalue weighted by molar-refractivity contribution is 7.90. The molecule has 2 N–H and O–H groups in total. The Morgan fingerprint density at radius 2 is 1.91 bits per heavy atom. The third-order valence-electron chi connectivity index (χ3n) is 5.09. The van der Waals surface area contributed by atoms with E-state index in [1.807, 2.05) is 0 Å². The van der Waals surface area contributed by atoms with Crippen LogP contribution in [-0.4, -0.2) is 53.8 Å². The number of sulfonamides is 1. The van der Waals surface area contributed by atoms with Gasteiger partial charge in [-0.2, -0.15) is 5.10 Å². The summed E-state index contributed by atoms with van der Waals surface area (Å²) >= 11 is 0. The second-order valence-corrected chi connectivity index (χ2v) is 8.95. The Balaban J connectivity index is 1.33. The molecule has 0 atom stereocenters. The average molecular weight is 338 g/mol. The zero-order valence-electron chi connectivity index (χ0n) is 13.0. The number of nitrogens with one attached hydrogen (secondary N) is 2. The topological polar surface area (TPSA) is 95.2 Å². The van der Waals surface area contributed by atoms with E-state index in [0.29, 0.717) is 11.6 Å². The molecule has 4 rings (SSSR count). The van der Waals surface area contributed by atoms with Gasteiger partial charge >= 0.3 is 0 Å². The molecule has 1 aliphatic heterocycles. The van der Waals surface area contributed by atoms with Gasteiger partial charge in [-0.1, -0.05) is 12.8 Å². The van der Waals surface area contributed by atoms with Gasteiger partial charge in [0.2, 0.25) is 10.0 Å². The molecule has 0 aromatic carbocycles. The summed E-state index contributed by atoms with van der Waals surface area (Å²) in [5, 5.41) is 6.49. The lowest BCUT2D eigenvalue weighted by atomic mass is 10.2. The quantitative estimate of drug-likeness (QED) is 0.836. The Bertz CT molecular complexity index is 698. The number of aromatic nitrogens is 2. The van der Waals surface area contributed by atoms with E-state index in [9.17, 15) is 13.2 Å². The summed E-state index contributed by atoms with van der Waals surface area (Å²) in [5.41, 5.74) is 1.41. The standard InChI is InChI=1S/C15H22N4O3S/c20-15(14-7-13(16-17-14)10-5-6-10)19-8-12(9-19)23(21,22)18-11-3-1-2-4-11/h7,10-12,18H,1-6,8-9H2,(H,16,17). The van der Waals surface area contributed by atoms with E-state index < -0.39 is 15.3 Å². The first-order valence-corrected chi connectivity index (χ1v) is 9.93. The van der Waals surface area contributed by atoms with Gasteiger partial charge in [0.25, 0.3) is 5.91 Å². The first-order valence-electron chi connectivity index (χ1n) is 8.38. The third kappa shape index (κ3) is 3.01. The SMILES string of the molecule is O=C(c1cc(C2CC2)[nH]n1)N1CC(S(=O)(=O)NC2CCCC2)C1. The Labute approximate surface area is 135 Å². The summed E-state index contributed by atoms with van der Waals surface area (Å²) in [5.74, 6) is 0.338. The predicted octanol–water partition coefficient (Wildman–Crippen LogP) is 0.973. The molecule has 3 aliphatic rings. The summed E-state index contributed by atoms with van der Waals surface area (Å²) in [6, 6.07) is 1.88. The van der Waals surface area contributed by atoms with Crippen LogP contribution in [0.5, 0.6) is 0 Å². The van der Waals surface area contributed by atoms with Crippen molar-refractivity contribution in [1.29, 1.82) is 0 Å². The van der Waals surface area contributed by atoms with Crippen LogP contribution in [0.2, 0.25) is 0 Å². The molecule has 0 bridgehead atoms. The van der Waals surface area contributed by atoms with Gasteiger partial charge in [0.1, 0.15) is 10.9 Å². The van der Waals surface area contributed by atoms with Gasteiger partial charge in [-0.3, -0.25) is 9.89 Å². The molecule has 0 radical (unpaired) electrons. The Morgan fingerprint density at radius 3 is 2.57 bits per heavy atom. The van der Waals surface area contributed by atoms with Gasteiger partial charge in [0.05, 0.1) is 0 Å². The minimum Gasteiger partial charge on any atom is -0.334 e. The second-order valence-electron chi connectivity index (χ2n) is 6.96. The summed E-state index contributed by atoms with van der Waals surface area (Å²) in [4.78, 5) is 13.9. The van der Waals surface area contributed by atoms with Crippen LogP contribution in [0.1, 0.15) is 60.6 Å². The van der Waals surface area contributed by atoms with Crippen LogP contribution in [-0.2, 0) is 10.0 Å². The lowest BCUT2D eigenvalue weighted by molar-refractivity contribution is 0.0652. The van der Waals surface area contributed by atoms with Crippen LogP contribution in [0.15, 0.2) is 6.07 Å². The minimum atomic E-state index is -3.33. The van der Waals surface area contributed by atoms with Crippen LogP contribution in [0, 0.1) is 0 Å². The van der Waals surface area contributed by atoms with Crippen LogP contribution >= 0.6 is 0 Å².